The summed E-state index contributed by atoms with van der Waals surface area (Å²) in [7, 11) is 1.65. The predicted octanol–water partition coefficient (Wildman–Crippen LogP) is 3.41. The fraction of sp³-hybridized carbons (Fsp3) is 0.294. The van der Waals surface area contributed by atoms with Crippen molar-refractivity contribution in [1.82, 2.24) is 5.32 Å². The normalized spacial score (nSPS) is 12.1. The number of ether oxygens (including phenoxy) is 1. The molecular formula is C17H20ClNO2. The molecule has 0 saturated heterocycles. The zero-order chi connectivity index (χ0) is 15.1. The highest BCUT2D eigenvalue weighted by Gasteiger charge is 2.16. The lowest BCUT2D eigenvalue weighted by atomic mass is 9.98. The van der Waals surface area contributed by atoms with E-state index in [4.69, 9.17) is 21.4 Å². The molecule has 0 aliphatic rings. The molecule has 3 nitrogen and oxygen atoms in total. The molecule has 0 saturated carbocycles. The van der Waals surface area contributed by atoms with Crippen LogP contribution in [-0.2, 0) is 0 Å². The Labute approximate surface area is 130 Å². The summed E-state index contributed by atoms with van der Waals surface area (Å²) in [5, 5.41) is 13.1. The molecule has 0 amide bonds. The molecule has 21 heavy (non-hydrogen) atoms. The summed E-state index contributed by atoms with van der Waals surface area (Å²) in [5.41, 5.74) is 2.14. The van der Waals surface area contributed by atoms with Crippen LogP contribution in [0.1, 0.15) is 23.6 Å². The molecule has 112 valence electrons. The Morgan fingerprint density at radius 3 is 2.48 bits per heavy atom. The molecule has 4 heteroatoms. The second-order valence-corrected chi connectivity index (χ2v) is 5.17. The Morgan fingerprint density at radius 2 is 1.86 bits per heavy atom. The van der Waals surface area contributed by atoms with Gasteiger partial charge in [-0.1, -0.05) is 41.9 Å². The van der Waals surface area contributed by atoms with Crippen molar-refractivity contribution >= 4 is 11.6 Å². The van der Waals surface area contributed by atoms with Gasteiger partial charge < -0.3 is 15.2 Å². The summed E-state index contributed by atoms with van der Waals surface area (Å²) >= 11 is 6.33. The van der Waals surface area contributed by atoms with E-state index in [-0.39, 0.29) is 12.6 Å². The SMILES string of the molecule is COc1ccc(C(NCCCO)c2ccccc2Cl)cc1. The highest BCUT2D eigenvalue weighted by Crippen LogP contribution is 2.29. The van der Waals surface area contributed by atoms with Crippen LogP contribution < -0.4 is 10.1 Å². The first-order chi connectivity index (χ1) is 10.3. The van der Waals surface area contributed by atoms with Crippen LogP contribution in [0, 0.1) is 0 Å². The van der Waals surface area contributed by atoms with Gasteiger partial charge in [0.2, 0.25) is 0 Å². The lowest BCUT2D eigenvalue weighted by molar-refractivity contribution is 0.284. The van der Waals surface area contributed by atoms with E-state index in [1.54, 1.807) is 7.11 Å². The molecule has 2 aromatic rings. The predicted molar refractivity (Wildman–Crippen MR) is 86.0 cm³/mol. The van der Waals surface area contributed by atoms with E-state index in [0.29, 0.717) is 6.42 Å². The molecule has 1 unspecified atom stereocenters. The van der Waals surface area contributed by atoms with E-state index in [0.717, 1.165) is 28.4 Å². The van der Waals surface area contributed by atoms with Crippen molar-refractivity contribution in [3.05, 3.63) is 64.7 Å². The minimum absolute atomic E-state index is 0.00356. The number of hydrogen-bond acceptors (Lipinski definition) is 3. The lowest BCUT2D eigenvalue weighted by Gasteiger charge is -2.21. The average molecular weight is 306 g/mol. The number of halogens is 1. The Bertz CT molecular complexity index is 557. The van der Waals surface area contributed by atoms with Crippen molar-refractivity contribution < 1.29 is 9.84 Å². The highest BCUT2D eigenvalue weighted by atomic mass is 35.5. The summed E-state index contributed by atoms with van der Waals surface area (Å²) in [6.07, 6.45) is 0.705. The van der Waals surface area contributed by atoms with Crippen molar-refractivity contribution in [2.75, 3.05) is 20.3 Å². The van der Waals surface area contributed by atoms with Crippen LogP contribution >= 0.6 is 11.6 Å². The molecule has 2 aromatic carbocycles. The molecule has 0 fully saturated rings. The monoisotopic (exact) mass is 305 g/mol. The van der Waals surface area contributed by atoms with Crippen molar-refractivity contribution in [1.29, 1.82) is 0 Å². The molecule has 2 rings (SSSR count). The molecule has 0 aliphatic carbocycles. The van der Waals surface area contributed by atoms with Crippen LogP contribution in [0.5, 0.6) is 5.75 Å². The third-order valence-electron chi connectivity index (χ3n) is 3.35. The van der Waals surface area contributed by atoms with Crippen molar-refractivity contribution in [2.45, 2.75) is 12.5 Å². The van der Waals surface area contributed by atoms with Gasteiger partial charge in [-0.25, -0.2) is 0 Å². The Morgan fingerprint density at radius 1 is 1.14 bits per heavy atom. The lowest BCUT2D eigenvalue weighted by Crippen LogP contribution is -2.24. The third-order valence-corrected chi connectivity index (χ3v) is 3.69. The summed E-state index contributed by atoms with van der Waals surface area (Å²) < 4.78 is 5.20. The van der Waals surface area contributed by atoms with Gasteiger partial charge in [-0.3, -0.25) is 0 Å². The Balaban J connectivity index is 2.28. The third kappa shape index (κ3) is 4.21. The fourth-order valence-electron chi connectivity index (χ4n) is 2.24. The molecule has 0 radical (unpaired) electrons. The van der Waals surface area contributed by atoms with Crippen molar-refractivity contribution in [3.63, 3.8) is 0 Å². The maximum Gasteiger partial charge on any atom is 0.118 e. The van der Waals surface area contributed by atoms with Crippen molar-refractivity contribution in [3.8, 4) is 5.75 Å². The number of aliphatic hydroxyl groups is 1. The number of methoxy groups -OCH3 is 1. The number of benzene rings is 2. The molecule has 0 spiro atoms. The number of aliphatic hydroxyl groups excluding tert-OH is 1. The van der Waals surface area contributed by atoms with Crippen LogP contribution in [0.2, 0.25) is 5.02 Å². The topological polar surface area (TPSA) is 41.5 Å². The first-order valence-electron chi connectivity index (χ1n) is 6.99. The Hall–Kier alpha value is -1.55. The maximum absolute atomic E-state index is 8.96. The molecule has 0 aliphatic heterocycles. The summed E-state index contributed by atoms with van der Waals surface area (Å²) in [6.45, 7) is 0.892. The zero-order valence-corrected chi connectivity index (χ0v) is 12.8. The van der Waals surface area contributed by atoms with Crippen LogP contribution in [-0.4, -0.2) is 25.4 Å². The number of hydrogen-bond donors (Lipinski definition) is 2. The highest BCUT2D eigenvalue weighted by molar-refractivity contribution is 6.31. The molecule has 2 N–H and O–H groups in total. The first-order valence-corrected chi connectivity index (χ1v) is 7.36. The van der Waals surface area contributed by atoms with Gasteiger partial charge >= 0.3 is 0 Å². The van der Waals surface area contributed by atoms with Gasteiger partial charge in [-0.15, -0.1) is 0 Å². The molecule has 0 aromatic heterocycles. The van der Waals surface area contributed by atoms with E-state index in [1.165, 1.54) is 0 Å². The largest absolute Gasteiger partial charge is 0.497 e. The van der Waals surface area contributed by atoms with Crippen LogP contribution in [0.4, 0.5) is 0 Å². The van der Waals surface area contributed by atoms with Gasteiger partial charge in [0.1, 0.15) is 5.75 Å². The van der Waals surface area contributed by atoms with E-state index in [1.807, 2.05) is 48.5 Å². The van der Waals surface area contributed by atoms with Crippen LogP contribution in [0.15, 0.2) is 48.5 Å². The summed E-state index contributed by atoms with van der Waals surface area (Å²) in [4.78, 5) is 0. The molecule has 0 bridgehead atoms. The quantitative estimate of drug-likeness (QED) is 0.770. The zero-order valence-electron chi connectivity index (χ0n) is 12.1. The Kier molecular flexibility index (Phi) is 6.05. The van der Waals surface area contributed by atoms with Gasteiger partial charge in [0, 0.05) is 11.6 Å². The van der Waals surface area contributed by atoms with Gasteiger partial charge in [-0.05, 0) is 42.3 Å². The molecule has 1 atom stereocenters. The molecular weight excluding hydrogens is 286 g/mol. The standard InChI is InChI=1S/C17H20ClNO2/c1-21-14-9-7-13(8-10-14)17(19-11-4-12-20)15-5-2-3-6-16(15)18/h2-3,5-10,17,19-20H,4,11-12H2,1H3. The van der Waals surface area contributed by atoms with E-state index < -0.39 is 0 Å². The van der Waals surface area contributed by atoms with E-state index >= 15 is 0 Å². The first kappa shape index (κ1) is 15.8. The van der Waals surface area contributed by atoms with Crippen LogP contribution in [0.25, 0.3) is 0 Å². The smallest absolute Gasteiger partial charge is 0.118 e. The second kappa shape index (κ2) is 8.03. The van der Waals surface area contributed by atoms with Gasteiger partial charge in [0.25, 0.3) is 0 Å². The van der Waals surface area contributed by atoms with E-state index in [2.05, 4.69) is 5.32 Å². The van der Waals surface area contributed by atoms with E-state index in [9.17, 15) is 0 Å². The second-order valence-electron chi connectivity index (χ2n) is 4.76. The maximum atomic E-state index is 8.96. The summed E-state index contributed by atoms with van der Waals surface area (Å²) in [5.74, 6) is 0.826. The van der Waals surface area contributed by atoms with Crippen molar-refractivity contribution in [2.24, 2.45) is 0 Å². The fourth-order valence-corrected chi connectivity index (χ4v) is 2.48. The average Bonchev–Trinajstić information content (AvgIpc) is 2.53. The van der Waals surface area contributed by atoms with Gasteiger partial charge in [0.05, 0.1) is 13.2 Å². The summed E-state index contributed by atoms with van der Waals surface area (Å²) in [6, 6.07) is 15.7. The molecule has 0 heterocycles. The van der Waals surface area contributed by atoms with Gasteiger partial charge in [-0.2, -0.15) is 0 Å². The van der Waals surface area contributed by atoms with Gasteiger partial charge in [0.15, 0.2) is 0 Å². The van der Waals surface area contributed by atoms with Crippen LogP contribution in [0.3, 0.4) is 0 Å². The number of rotatable bonds is 7. The minimum atomic E-state index is -0.00356. The number of nitrogens with one attached hydrogen (secondary N) is 1. The minimum Gasteiger partial charge on any atom is -0.497 e.